The molecule has 0 aliphatic carbocycles. The Morgan fingerprint density at radius 1 is 0.941 bits per heavy atom. The van der Waals surface area contributed by atoms with E-state index in [1.165, 1.54) is 41.6 Å². The molecule has 3 aromatic rings. The first kappa shape index (κ1) is 22.5. The molecule has 1 N–H and O–H groups in total. The molecule has 0 saturated carbocycles. The fraction of sp³-hybridized carbons (Fsp3) is 0.333. The van der Waals surface area contributed by atoms with Crippen LogP contribution in [-0.4, -0.2) is 26.7 Å². The zero-order valence-corrected chi connectivity index (χ0v) is 20.0. The van der Waals surface area contributed by atoms with Crippen molar-refractivity contribution in [2.24, 2.45) is 0 Å². The maximum atomic E-state index is 6.16. The zero-order chi connectivity index (χ0) is 23.2. The van der Waals surface area contributed by atoms with E-state index in [-0.39, 0.29) is 6.04 Å². The molecule has 3 aromatic carbocycles. The summed E-state index contributed by atoms with van der Waals surface area (Å²) in [5.74, 6) is 1.59. The Kier molecular flexibility index (Phi) is 7.16. The highest BCUT2D eigenvalue weighted by Gasteiger charge is 2.21. The van der Waals surface area contributed by atoms with Crippen LogP contribution in [0.2, 0.25) is 0 Å². The first-order valence-corrected chi connectivity index (χ1v) is 12.4. The molecule has 0 bridgehead atoms. The van der Waals surface area contributed by atoms with Crippen molar-refractivity contribution in [1.29, 1.82) is 0 Å². The van der Waals surface area contributed by atoms with E-state index in [9.17, 15) is 0 Å². The number of hydrogen-bond acceptors (Lipinski definition) is 4. The summed E-state index contributed by atoms with van der Waals surface area (Å²) in [6, 6.07) is 23.5. The lowest BCUT2D eigenvalue weighted by molar-refractivity contribution is 0.283. The molecule has 1 saturated heterocycles. The van der Waals surface area contributed by atoms with Crippen molar-refractivity contribution in [2.75, 3.05) is 31.6 Å². The summed E-state index contributed by atoms with van der Waals surface area (Å²) >= 11 is 0. The number of anilines is 1. The number of para-hydroxylation sites is 1. The Morgan fingerprint density at radius 2 is 1.74 bits per heavy atom. The van der Waals surface area contributed by atoms with Gasteiger partial charge in [0.05, 0.1) is 13.2 Å². The summed E-state index contributed by atoms with van der Waals surface area (Å²) in [5, 5.41) is 3.68. The summed E-state index contributed by atoms with van der Waals surface area (Å²) < 4.78 is 11.9. The van der Waals surface area contributed by atoms with Crippen molar-refractivity contribution in [3.63, 3.8) is 0 Å². The molecule has 2 aliphatic rings. The molecule has 1 atom stereocenters. The maximum Gasteiger partial charge on any atom is 0.161 e. The van der Waals surface area contributed by atoms with Gasteiger partial charge >= 0.3 is 0 Å². The average molecular weight is 455 g/mol. The van der Waals surface area contributed by atoms with E-state index in [1.807, 2.05) is 18.2 Å². The van der Waals surface area contributed by atoms with Crippen LogP contribution in [0, 0.1) is 0 Å². The topological polar surface area (TPSA) is 33.7 Å². The summed E-state index contributed by atoms with van der Waals surface area (Å²) in [7, 11) is 1.72. The Bertz CT molecular complexity index is 1120. The molecular formula is C30H34N2O2. The van der Waals surface area contributed by atoms with Crippen LogP contribution < -0.4 is 19.7 Å². The predicted molar refractivity (Wildman–Crippen MR) is 140 cm³/mol. The van der Waals surface area contributed by atoms with Gasteiger partial charge in [-0.05, 0) is 66.1 Å². The van der Waals surface area contributed by atoms with Gasteiger partial charge in [-0.25, -0.2) is 0 Å². The third kappa shape index (κ3) is 5.13. The fourth-order valence-electron chi connectivity index (χ4n) is 5.03. The van der Waals surface area contributed by atoms with Gasteiger partial charge in [-0.15, -0.1) is 0 Å². The Morgan fingerprint density at radius 3 is 2.56 bits per heavy atom. The average Bonchev–Trinajstić information content (AvgIpc) is 2.91. The van der Waals surface area contributed by atoms with Crippen molar-refractivity contribution in [3.8, 4) is 11.5 Å². The number of ether oxygens (including phenoxy) is 2. The number of benzene rings is 3. The van der Waals surface area contributed by atoms with Crippen LogP contribution in [0.15, 0.2) is 72.8 Å². The van der Waals surface area contributed by atoms with Crippen molar-refractivity contribution in [3.05, 3.63) is 95.1 Å². The summed E-state index contributed by atoms with van der Waals surface area (Å²) in [6.45, 7) is 3.78. The highest BCUT2D eigenvalue weighted by molar-refractivity contribution is 5.68. The van der Waals surface area contributed by atoms with Gasteiger partial charge in [0.1, 0.15) is 6.61 Å². The van der Waals surface area contributed by atoms with Crippen LogP contribution in [0.25, 0.3) is 6.08 Å². The second kappa shape index (κ2) is 10.8. The van der Waals surface area contributed by atoms with Gasteiger partial charge < -0.3 is 19.7 Å². The number of rotatable bonds is 7. The lowest BCUT2D eigenvalue weighted by atomic mass is 9.92. The quantitative estimate of drug-likeness (QED) is 0.463. The first-order valence-electron chi connectivity index (χ1n) is 12.4. The van der Waals surface area contributed by atoms with Gasteiger partial charge in [-0.3, -0.25) is 0 Å². The van der Waals surface area contributed by atoms with E-state index in [0.29, 0.717) is 6.61 Å². The van der Waals surface area contributed by atoms with Crippen LogP contribution in [-0.2, 0) is 13.0 Å². The number of nitrogens with one attached hydrogen (secondary N) is 1. The van der Waals surface area contributed by atoms with Crippen LogP contribution in [0.1, 0.15) is 47.6 Å². The predicted octanol–water partition coefficient (Wildman–Crippen LogP) is 6.16. The molecule has 176 valence electrons. The van der Waals surface area contributed by atoms with E-state index in [0.717, 1.165) is 43.1 Å². The summed E-state index contributed by atoms with van der Waals surface area (Å²) in [4.78, 5) is 2.53. The van der Waals surface area contributed by atoms with Crippen LogP contribution in [0.3, 0.4) is 0 Å². The lowest BCUT2D eigenvalue weighted by Crippen LogP contribution is -2.30. The van der Waals surface area contributed by atoms with E-state index >= 15 is 0 Å². The first-order chi connectivity index (χ1) is 16.8. The Balaban J connectivity index is 1.37. The van der Waals surface area contributed by atoms with E-state index < -0.39 is 0 Å². The highest BCUT2D eigenvalue weighted by atomic mass is 16.5. The van der Waals surface area contributed by atoms with Crippen molar-refractivity contribution >= 4 is 11.8 Å². The summed E-state index contributed by atoms with van der Waals surface area (Å²) in [6.07, 6.45) is 9.47. The molecule has 0 spiro atoms. The highest BCUT2D eigenvalue weighted by Crippen LogP contribution is 2.37. The standard InChI is InChI=1S/C30H34N2O2/c1-33-29-21-26-25(20-30(29)34-22-23-10-4-2-5-11-23)16-17-31-27(26)15-14-24-12-6-7-13-28(24)32-18-8-3-9-19-32/h2,4-7,10-15,20-21,27,31H,3,8-9,16-19,22H2,1H3. The molecular weight excluding hydrogens is 420 g/mol. The molecule has 4 nitrogen and oxygen atoms in total. The van der Waals surface area contributed by atoms with E-state index in [2.05, 4.69) is 70.9 Å². The van der Waals surface area contributed by atoms with Crippen LogP contribution in [0.5, 0.6) is 11.5 Å². The minimum absolute atomic E-state index is 0.148. The second-order valence-corrected chi connectivity index (χ2v) is 9.12. The van der Waals surface area contributed by atoms with Crippen molar-refractivity contribution in [2.45, 2.75) is 38.3 Å². The van der Waals surface area contributed by atoms with Gasteiger partial charge in [0.15, 0.2) is 11.5 Å². The second-order valence-electron chi connectivity index (χ2n) is 9.12. The van der Waals surface area contributed by atoms with E-state index in [1.54, 1.807) is 7.11 Å². The van der Waals surface area contributed by atoms with E-state index in [4.69, 9.17) is 9.47 Å². The van der Waals surface area contributed by atoms with Gasteiger partial charge in [0, 0.05) is 25.3 Å². The molecule has 34 heavy (non-hydrogen) atoms. The molecule has 1 unspecified atom stereocenters. The molecule has 1 fully saturated rings. The minimum Gasteiger partial charge on any atom is -0.493 e. The number of hydrogen-bond donors (Lipinski definition) is 1. The largest absolute Gasteiger partial charge is 0.493 e. The third-order valence-electron chi connectivity index (χ3n) is 6.86. The number of fused-ring (bicyclic) bond motifs is 1. The van der Waals surface area contributed by atoms with Gasteiger partial charge in [-0.2, -0.15) is 0 Å². The van der Waals surface area contributed by atoms with Gasteiger partial charge in [0.2, 0.25) is 0 Å². The smallest absolute Gasteiger partial charge is 0.161 e. The Hall–Kier alpha value is -3.24. The molecule has 2 aliphatic heterocycles. The van der Waals surface area contributed by atoms with Crippen molar-refractivity contribution < 1.29 is 9.47 Å². The lowest BCUT2D eigenvalue weighted by Gasteiger charge is -2.30. The van der Waals surface area contributed by atoms with Gasteiger partial charge in [0.25, 0.3) is 0 Å². The SMILES string of the molecule is COc1cc2c(cc1OCc1ccccc1)CCNC2C=Cc1ccccc1N1CCCCC1. The monoisotopic (exact) mass is 454 g/mol. The summed E-state index contributed by atoms with van der Waals surface area (Å²) in [5.41, 5.74) is 6.37. The fourth-order valence-corrected chi connectivity index (χ4v) is 5.03. The van der Waals surface area contributed by atoms with Gasteiger partial charge in [-0.1, -0.05) is 60.7 Å². The molecule has 0 aromatic heterocycles. The number of nitrogens with zero attached hydrogens (tertiary/aromatic N) is 1. The minimum atomic E-state index is 0.148. The third-order valence-corrected chi connectivity index (χ3v) is 6.86. The molecule has 2 heterocycles. The zero-order valence-electron chi connectivity index (χ0n) is 20.0. The Labute approximate surface area is 203 Å². The molecule has 4 heteroatoms. The molecule has 5 rings (SSSR count). The number of piperidine rings is 1. The van der Waals surface area contributed by atoms with Crippen molar-refractivity contribution in [1.82, 2.24) is 5.32 Å². The normalized spacial score (nSPS) is 18.0. The maximum absolute atomic E-state index is 6.16. The van der Waals surface area contributed by atoms with Crippen LogP contribution >= 0.6 is 0 Å². The molecule has 0 radical (unpaired) electrons. The number of methoxy groups -OCH3 is 1. The van der Waals surface area contributed by atoms with Crippen LogP contribution in [0.4, 0.5) is 5.69 Å². The molecule has 0 amide bonds.